The van der Waals surface area contributed by atoms with E-state index in [4.69, 9.17) is 11.6 Å². The Balaban J connectivity index is 1.76. The molecule has 2 aromatic carbocycles. The van der Waals surface area contributed by atoms with Gasteiger partial charge in [0, 0.05) is 23.8 Å². The molecular formula is C22H27ClN2O2. The molecule has 0 spiro atoms. The monoisotopic (exact) mass is 386 g/mol. The molecule has 1 heterocycles. The van der Waals surface area contributed by atoms with Crippen molar-refractivity contribution in [3.05, 3.63) is 53.6 Å². The summed E-state index contributed by atoms with van der Waals surface area (Å²) in [5, 5.41) is 13.9. The molecule has 1 saturated heterocycles. The molecule has 0 aliphatic carbocycles. The molecule has 0 bridgehead atoms. The summed E-state index contributed by atoms with van der Waals surface area (Å²) in [4.78, 5) is 13.4. The van der Waals surface area contributed by atoms with E-state index in [1.807, 2.05) is 36.4 Å². The number of hydrogen-bond donors (Lipinski definition) is 2. The molecule has 1 aliphatic rings. The molecule has 27 heavy (non-hydrogen) atoms. The van der Waals surface area contributed by atoms with Crippen molar-refractivity contribution in [1.82, 2.24) is 4.90 Å². The highest BCUT2D eigenvalue weighted by Crippen LogP contribution is 2.35. The largest absolute Gasteiger partial charge is 0.465 e. The van der Waals surface area contributed by atoms with Gasteiger partial charge in [-0.15, -0.1) is 0 Å². The fraction of sp³-hybridized carbons (Fsp3) is 0.409. The summed E-state index contributed by atoms with van der Waals surface area (Å²) < 4.78 is 0. The molecular weight excluding hydrogens is 360 g/mol. The third-order valence-electron chi connectivity index (χ3n) is 5.48. The zero-order valence-corrected chi connectivity index (χ0v) is 16.5. The molecule has 2 N–H and O–H groups in total. The predicted octanol–water partition coefficient (Wildman–Crippen LogP) is 6.12. The normalized spacial score (nSPS) is 19.3. The predicted molar refractivity (Wildman–Crippen MR) is 112 cm³/mol. The Morgan fingerprint density at radius 2 is 2.00 bits per heavy atom. The van der Waals surface area contributed by atoms with Gasteiger partial charge < -0.3 is 15.3 Å². The van der Waals surface area contributed by atoms with Crippen LogP contribution in [0, 0.1) is 0 Å². The van der Waals surface area contributed by atoms with Gasteiger partial charge in [0.2, 0.25) is 0 Å². The number of nitrogens with zero attached hydrogens (tertiary/aromatic N) is 1. The van der Waals surface area contributed by atoms with E-state index in [0.717, 1.165) is 53.9 Å². The number of unbranched alkanes of at least 4 members (excludes halogenated alkanes) is 1. The maximum atomic E-state index is 11.7. The Bertz CT molecular complexity index is 778. The van der Waals surface area contributed by atoms with Gasteiger partial charge >= 0.3 is 6.09 Å². The SMILES string of the molecule is CCCCC1(CNc2cccc(-c3ccc(Cl)cc3)c2)CCCN1C(=O)O. The quantitative estimate of drug-likeness (QED) is 0.602. The van der Waals surface area contributed by atoms with Gasteiger partial charge in [0.15, 0.2) is 0 Å². The molecule has 2 aromatic rings. The molecule has 1 unspecified atom stereocenters. The molecule has 1 fully saturated rings. The van der Waals surface area contributed by atoms with Crippen LogP contribution in [0.3, 0.4) is 0 Å². The van der Waals surface area contributed by atoms with Crippen LogP contribution in [0.2, 0.25) is 5.02 Å². The van der Waals surface area contributed by atoms with E-state index in [1.165, 1.54) is 0 Å². The van der Waals surface area contributed by atoms with E-state index in [1.54, 1.807) is 4.90 Å². The fourth-order valence-corrected chi connectivity index (χ4v) is 4.12. The second kappa shape index (κ2) is 8.66. The van der Waals surface area contributed by atoms with Crippen LogP contribution < -0.4 is 5.32 Å². The smallest absolute Gasteiger partial charge is 0.407 e. The molecule has 0 aromatic heterocycles. The van der Waals surface area contributed by atoms with Crippen LogP contribution in [-0.2, 0) is 0 Å². The van der Waals surface area contributed by atoms with Gasteiger partial charge in [-0.05, 0) is 54.7 Å². The summed E-state index contributed by atoms with van der Waals surface area (Å²) in [6.45, 7) is 3.42. The molecule has 0 saturated carbocycles. The third-order valence-corrected chi connectivity index (χ3v) is 5.74. The van der Waals surface area contributed by atoms with Gasteiger partial charge in [0.05, 0.1) is 5.54 Å². The minimum atomic E-state index is -0.805. The second-order valence-corrected chi connectivity index (χ2v) is 7.74. The van der Waals surface area contributed by atoms with Crippen molar-refractivity contribution in [2.24, 2.45) is 0 Å². The Morgan fingerprint density at radius 3 is 2.70 bits per heavy atom. The summed E-state index contributed by atoms with van der Waals surface area (Å²) in [5.41, 5.74) is 2.92. The molecule has 4 nitrogen and oxygen atoms in total. The average Bonchev–Trinajstić information content (AvgIpc) is 3.10. The van der Waals surface area contributed by atoms with Crippen LogP contribution in [0.25, 0.3) is 11.1 Å². The number of nitrogens with one attached hydrogen (secondary N) is 1. The van der Waals surface area contributed by atoms with Gasteiger partial charge in [0.1, 0.15) is 0 Å². The van der Waals surface area contributed by atoms with E-state index in [9.17, 15) is 9.90 Å². The number of hydrogen-bond acceptors (Lipinski definition) is 2. The van der Waals surface area contributed by atoms with Crippen LogP contribution in [-0.4, -0.2) is 34.7 Å². The number of amides is 1. The summed E-state index contributed by atoms with van der Waals surface area (Å²) in [6, 6.07) is 16.0. The number of anilines is 1. The second-order valence-electron chi connectivity index (χ2n) is 7.31. The van der Waals surface area contributed by atoms with E-state index in [2.05, 4.69) is 24.4 Å². The molecule has 5 heteroatoms. The Morgan fingerprint density at radius 1 is 1.22 bits per heavy atom. The zero-order chi connectivity index (χ0) is 19.3. The van der Waals surface area contributed by atoms with Crippen molar-refractivity contribution in [2.75, 3.05) is 18.4 Å². The minimum Gasteiger partial charge on any atom is -0.465 e. The highest BCUT2D eigenvalue weighted by atomic mass is 35.5. The lowest BCUT2D eigenvalue weighted by Crippen LogP contribution is -2.51. The first kappa shape index (κ1) is 19.6. The van der Waals surface area contributed by atoms with E-state index in [0.29, 0.717) is 13.1 Å². The summed E-state index contributed by atoms with van der Waals surface area (Å²) in [6.07, 6.45) is 4.06. The van der Waals surface area contributed by atoms with E-state index < -0.39 is 6.09 Å². The van der Waals surface area contributed by atoms with Crippen LogP contribution in [0.4, 0.5) is 10.5 Å². The van der Waals surface area contributed by atoms with Crippen molar-refractivity contribution < 1.29 is 9.90 Å². The summed E-state index contributed by atoms with van der Waals surface area (Å²) >= 11 is 5.98. The molecule has 1 aliphatic heterocycles. The maximum Gasteiger partial charge on any atom is 0.407 e. The van der Waals surface area contributed by atoms with E-state index in [-0.39, 0.29) is 5.54 Å². The van der Waals surface area contributed by atoms with Crippen molar-refractivity contribution in [3.63, 3.8) is 0 Å². The van der Waals surface area contributed by atoms with Gasteiger partial charge in [-0.1, -0.05) is 55.6 Å². The van der Waals surface area contributed by atoms with Crippen LogP contribution in [0.1, 0.15) is 39.0 Å². The highest BCUT2D eigenvalue weighted by Gasteiger charge is 2.43. The zero-order valence-electron chi connectivity index (χ0n) is 15.7. The van der Waals surface area contributed by atoms with Crippen LogP contribution in [0.15, 0.2) is 48.5 Å². The summed E-state index contributed by atoms with van der Waals surface area (Å²) in [5.74, 6) is 0. The number of carbonyl (C=O) groups is 1. The first-order chi connectivity index (χ1) is 13.0. The number of benzene rings is 2. The van der Waals surface area contributed by atoms with Gasteiger partial charge in [-0.25, -0.2) is 4.79 Å². The van der Waals surface area contributed by atoms with E-state index >= 15 is 0 Å². The molecule has 3 rings (SSSR count). The number of rotatable bonds is 7. The van der Waals surface area contributed by atoms with Crippen molar-refractivity contribution in [1.29, 1.82) is 0 Å². The standard InChI is InChI=1S/C22H27ClN2O2/c1-2-3-12-22(13-5-14-25(22)21(26)27)16-24-20-7-4-6-18(15-20)17-8-10-19(23)11-9-17/h4,6-11,15,24H,2-3,5,12-14,16H2,1H3,(H,26,27). The third kappa shape index (κ3) is 4.56. The lowest BCUT2D eigenvalue weighted by molar-refractivity contribution is 0.101. The molecule has 1 atom stereocenters. The van der Waals surface area contributed by atoms with Crippen LogP contribution >= 0.6 is 11.6 Å². The number of likely N-dealkylation sites (tertiary alicyclic amines) is 1. The van der Waals surface area contributed by atoms with Crippen molar-refractivity contribution in [2.45, 2.75) is 44.6 Å². The summed E-state index contributed by atoms with van der Waals surface area (Å²) in [7, 11) is 0. The molecule has 144 valence electrons. The van der Waals surface area contributed by atoms with Crippen LogP contribution in [0.5, 0.6) is 0 Å². The lowest BCUT2D eigenvalue weighted by atomic mass is 9.89. The van der Waals surface area contributed by atoms with Crippen molar-refractivity contribution in [3.8, 4) is 11.1 Å². The number of halogens is 1. The Labute approximate surface area is 166 Å². The molecule has 0 radical (unpaired) electrons. The average molecular weight is 387 g/mol. The molecule has 1 amide bonds. The van der Waals surface area contributed by atoms with Gasteiger partial charge in [0.25, 0.3) is 0 Å². The fourth-order valence-electron chi connectivity index (χ4n) is 3.99. The topological polar surface area (TPSA) is 52.6 Å². The highest BCUT2D eigenvalue weighted by molar-refractivity contribution is 6.30. The Kier molecular flexibility index (Phi) is 6.27. The Hall–Kier alpha value is -2.20. The maximum absolute atomic E-state index is 11.7. The number of carboxylic acid groups (broad SMARTS) is 1. The first-order valence-electron chi connectivity index (χ1n) is 9.64. The van der Waals surface area contributed by atoms with Gasteiger partial charge in [-0.2, -0.15) is 0 Å². The van der Waals surface area contributed by atoms with Gasteiger partial charge in [-0.3, -0.25) is 0 Å². The lowest BCUT2D eigenvalue weighted by Gasteiger charge is -2.37. The minimum absolute atomic E-state index is 0.307. The first-order valence-corrected chi connectivity index (χ1v) is 10.0. The van der Waals surface area contributed by atoms with Crippen molar-refractivity contribution >= 4 is 23.4 Å².